The van der Waals surface area contributed by atoms with Crippen LogP contribution in [0.15, 0.2) is 18.2 Å². The topological polar surface area (TPSA) is 44.5 Å². The van der Waals surface area contributed by atoms with Crippen LogP contribution in [0.3, 0.4) is 0 Å². The molecular weight excluding hydrogens is 202 g/mol. The molecule has 2 atom stereocenters. The first-order valence-corrected chi connectivity index (χ1v) is 5.91. The summed E-state index contributed by atoms with van der Waals surface area (Å²) in [5.41, 5.74) is 9.98. The van der Waals surface area contributed by atoms with Crippen LogP contribution in [0.25, 0.3) is 0 Å². The lowest BCUT2D eigenvalue weighted by Crippen LogP contribution is -2.25. The first kappa shape index (κ1) is 10.3. The summed E-state index contributed by atoms with van der Waals surface area (Å²) < 4.78 is 11.0. The molecule has 1 fully saturated rings. The Morgan fingerprint density at radius 3 is 2.94 bits per heavy atom. The van der Waals surface area contributed by atoms with E-state index >= 15 is 0 Å². The molecule has 1 aromatic carbocycles. The zero-order chi connectivity index (χ0) is 11.0. The van der Waals surface area contributed by atoms with Gasteiger partial charge in [0, 0.05) is 6.61 Å². The highest BCUT2D eigenvalue weighted by Crippen LogP contribution is 2.28. The Morgan fingerprint density at radius 2 is 2.12 bits per heavy atom. The minimum Gasteiger partial charge on any atom is -0.376 e. The highest BCUT2D eigenvalue weighted by atomic mass is 16.5. The van der Waals surface area contributed by atoms with Crippen LogP contribution in [0, 0.1) is 0 Å². The summed E-state index contributed by atoms with van der Waals surface area (Å²) in [7, 11) is 0. The molecule has 0 aromatic heterocycles. The second-order valence-electron chi connectivity index (χ2n) is 4.60. The van der Waals surface area contributed by atoms with Crippen molar-refractivity contribution in [3.8, 4) is 0 Å². The van der Waals surface area contributed by atoms with E-state index in [2.05, 4.69) is 18.2 Å². The van der Waals surface area contributed by atoms with Gasteiger partial charge in [-0.2, -0.15) is 0 Å². The van der Waals surface area contributed by atoms with Crippen molar-refractivity contribution in [2.24, 2.45) is 5.73 Å². The monoisotopic (exact) mass is 219 g/mol. The molecule has 2 heterocycles. The average Bonchev–Trinajstić information content (AvgIpc) is 2.98. The summed E-state index contributed by atoms with van der Waals surface area (Å²) in [5.74, 6) is 0. The Morgan fingerprint density at radius 1 is 1.25 bits per heavy atom. The molecule has 0 spiro atoms. The molecule has 2 unspecified atom stereocenters. The van der Waals surface area contributed by atoms with Crippen LogP contribution in [0.4, 0.5) is 0 Å². The van der Waals surface area contributed by atoms with Crippen molar-refractivity contribution < 1.29 is 9.47 Å². The van der Waals surface area contributed by atoms with E-state index in [1.54, 1.807) is 0 Å². The molecule has 0 bridgehead atoms. The van der Waals surface area contributed by atoms with Crippen LogP contribution in [0.2, 0.25) is 0 Å². The molecule has 3 rings (SSSR count). The third-order valence-corrected chi connectivity index (χ3v) is 3.50. The molecule has 86 valence electrons. The standard InChI is InChI=1S/C13H17NO2/c14-13(12-2-1-5-16-12)9-3-4-10-7-15-8-11(10)6-9/h3-4,6,12-13H,1-2,5,7-8,14H2. The Hall–Kier alpha value is -0.900. The van der Waals surface area contributed by atoms with E-state index in [4.69, 9.17) is 15.2 Å². The lowest BCUT2D eigenvalue weighted by Gasteiger charge is -2.19. The maximum Gasteiger partial charge on any atom is 0.0768 e. The molecule has 2 N–H and O–H groups in total. The summed E-state index contributed by atoms with van der Waals surface area (Å²) in [6.45, 7) is 2.32. The fraction of sp³-hybridized carbons (Fsp3) is 0.538. The van der Waals surface area contributed by atoms with Gasteiger partial charge in [-0.15, -0.1) is 0 Å². The third kappa shape index (κ3) is 1.75. The third-order valence-electron chi connectivity index (χ3n) is 3.50. The second kappa shape index (κ2) is 4.17. The van der Waals surface area contributed by atoms with Crippen molar-refractivity contribution in [2.45, 2.75) is 38.2 Å². The van der Waals surface area contributed by atoms with Gasteiger partial charge in [-0.05, 0) is 29.5 Å². The van der Waals surface area contributed by atoms with Crippen molar-refractivity contribution in [2.75, 3.05) is 6.61 Å². The minimum atomic E-state index is 0.00778. The van der Waals surface area contributed by atoms with E-state index in [9.17, 15) is 0 Å². The van der Waals surface area contributed by atoms with Gasteiger partial charge >= 0.3 is 0 Å². The number of fused-ring (bicyclic) bond motifs is 1. The van der Waals surface area contributed by atoms with Crippen molar-refractivity contribution in [3.05, 3.63) is 34.9 Å². The van der Waals surface area contributed by atoms with Gasteiger partial charge in [-0.1, -0.05) is 18.2 Å². The van der Waals surface area contributed by atoms with E-state index in [-0.39, 0.29) is 12.1 Å². The highest BCUT2D eigenvalue weighted by molar-refractivity contribution is 5.35. The first-order valence-electron chi connectivity index (χ1n) is 5.91. The van der Waals surface area contributed by atoms with E-state index in [1.165, 1.54) is 16.7 Å². The van der Waals surface area contributed by atoms with Gasteiger partial charge in [0.05, 0.1) is 25.4 Å². The largest absolute Gasteiger partial charge is 0.376 e. The van der Waals surface area contributed by atoms with Crippen LogP contribution >= 0.6 is 0 Å². The highest BCUT2D eigenvalue weighted by Gasteiger charge is 2.25. The molecule has 0 aliphatic carbocycles. The number of nitrogens with two attached hydrogens (primary N) is 1. The zero-order valence-electron chi connectivity index (χ0n) is 9.32. The van der Waals surface area contributed by atoms with Crippen molar-refractivity contribution in [1.82, 2.24) is 0 Å². The van der Waals surface area contributed by atoms with E-state index in [0.29, 0.717) is 0 Å². The molecule has 0 radical (unpaired) electrons. The molecule has 3 heteroatoms. The molecule has 1 aromatic rings. The molecular formula is C13H17NO2. The second-order valence-corrected chi connectivity index (χ2v) is 4.60. The predicted molar refractivity (Wildman–Crippen MR) is 60.8 cm³/mol. The molecule has 1 saturated heterocycles. The van der Waals surface area contributed by atoms with Crippen LogP contribution < -0.4 is 5.73 Å². The Kier molecular flexibility index (Phi) is 2.67. The Balaban J connectivity index is 1.83. The van der Waals surface area contributed by atoms with Crippen molar-refractivity contribution in [3.63, 3.8) is 0 Å². The Bertz CT molecular complexity index is 386. The fourth-order valence-corrected chi connectivity index (χ4v) is 2.50. The lowest BCUT2D eigenvalue weighted by atomic mass is 9.97. The average molecular weight is 219 g/mol. The summed E-state index contributed by atoms with van der Waals surface area (Å²) >= 11 is 0. The van der Waals surface area contributed by atoms with Crippen LogP contribution in [0.1, 0.15) is 35.6 Å². The maximum absolute atomic E-state index is 6.23. The number of ether oxygens (including phenoxy) is 2. The summed E-state index contributed by atoms with van der Waals surface area (Å²) in [6, 6.07) is 6.43. The zero-order valence-corrected chi connectivity index (χ0v) is 9.32. The lowest BCUT2D eigenvalue weighted by molar-refractivity contribution is 0.0900. The predicted octanol–water partition coefficient (Wildman–Crippen LogP) is 1.90. The van der Waals surface area contributed by atoms with Gasteiger partial charge in [-0.25, -0.2) is 0 Å². The molecule has 0 saturated carbocycles. The quantitative estimate of drug-likeness (QED) is 0.826. The smallest absolute Gasteiger partial charge is 0.0768 e. The molecule has 2 aliphatic heterocycles. The van der Waals surface area contributed by atoms with Crippen molar-refractivity contribution in [1.29, 1.82) is 0 Å². The van der Waals surface area contributed by atoms with Gasteiger partial charge in [0.15, 0.2) is 0 Å². The Labute approximate surface area is 95.5 Å². The van der Waals surface area contributed by atoms with Gasteiger partial charge in [0.25, 0.3) is 0 Å². The maximum atomic E-state index is 6.23. The molecule has 2 aliphatic rings. The minimum absolute atomic E-state index is 0.00778. The fourth-order valence-electron chi connectivity index (χ4n) is 2.50. The molecule has 16 heavy (non-hydrogen) atoms. The normalized spacial score (nSPS) is 25.7. The summed E-state index contributed by atoms with van der Waals surface area (Å²) in [4.78, 5) is 0. The van der Waals surface area contributed by atoms with Crippen LogP contribution in [-0.2, 0) is 22.7 Å². The molecule has 3 nitrogen and oxygen atoms in total. The van der Waals surface area contributed by atoms with Crippen LogP contribution in [0.5, 0.6) is 0 Å². The van der Waals surface area contributed by atoms with E-state index in [0.717, 1.165) is 32.7 Å². The van der Waals surface area contributed by atoms with E-state index in [1.807, 2.05) is 0 Å². The number of hydrogen-bond donors (Lipinski definition) is 1. The van der Waals surface area contributed by atoms with Gasteiger partial charge in [0.2, 0.25) is 0 Å². The number of benzene rings is 1. The van der Waals surface area contributed by atoms with Gasteiger partial charge in [0.1, 0.15) is 0 Å². The SMILES string of the molecule is NC(c1ccc2c(c1)COC2)C1CCCO1. The van der Waals surface area contributed by atoms with Gasteiger partial charge < -0.3 is 15.2 Å². The summed E-state index contributed by atoms with van der Waals surface area (Å²) in [6.07, 6.45) is 2.40. The van der Waals surface area contributed by atoms with Crippen molar-refractivity contribution >= 4 is 0 Å². The first-order chi connectivity index (χ1) is 7.84. The number of hydrogen-bond acceptors (Lipinski definition) is 3. The number of rotatable bonds is 2. The molecule has 0 amide bonds. The van der Waals surface area contributed by atoms with Crippen LogP contribution in [-0.4, -0.2) is 12.7 Å². The summed E-state index contributed by atoms with van der Waals surface area (Å²) in [5, 5.41) is 0. The van der Waals surface area contributed by atoms with E-state index < -0.39 is 0 Å². The van der Waals surface area contributed by atoms with Gasteiger partial charge in [-0.3, -0.25) is 0 Å².